The topological polar surface area (TPSA) is 37.6 Å². The van der Waals surface area contributed by atoms with Gasteiger partial charge in [0.2, 0.25) is 0 Å². The van der Waals surface area contributed by atoms with Crippen molar-refractivity contribution in [2.24, 2.45) is 0 Å². The Morgan fingerprint density at radius 1 is 1.38 bits per heavy atom. The van der Waals surface area contributed by atoms with Crippen LogP contribution in [0.25, 0.3) is 5.52 Å². The minimum Gasteiger partial charge on any atom is -0.331 e. The molecule has 1 amide bonds. The average molecular weight is 405 g/mol. The van der Waals surface area contributed by atoms with E-state index in [-0.39, 0.29) is 11.9 Å². The van der Waals surface area contributed by atoms with Crippen molar-refractivity contribution in [2.45, 2.75) is 19.4 Å². The molecule has 0 saturated heterocycles. The van der Waals surface area contributed by atoms with Gasteiger partial charge in [0.15, 0.2) is 0 Å². The van der Waals surface area contributed by atoms with E-state index in [9.17, 15) is 4.79 Å². The van der Waals surface area contributed by atoms with Crippen LogP contribution in [0.2, 0.25) is 5.02 Å². The summed E-state index contributed by atoms with van der Waals surface area (Å²) in [6.07, 6.45) is 4.22. The smallest absolute Gasteiger partial charge is 0.256 e. The molecule has 0 saturated carbocycles. The van der Waals surface area contributed by atoms with Gasteiger partial charge in [0.25, 0.3) is 5.91 Å². The molecular formula is C18H15BrClN3O. The molecule has 0 fully saturated rings. The Balaban J connectivity index is 1.76. The fraction of sp³-hybridized carbons (Fsp3) is 0.222. The molecule has 0 radical (unpaired) electrons. The highest BCUT2D eigenvalue weighted by Crippen LogP contribution is 2.35. The number of hydrogen-bond acceptors (Lipinski definition) is 2. The van der Waals surface area contributed by atoms with Gasteiger partial charge in [-0.05, 0) is 42.7 Å². The maximum atomic E-state index is 13.2. The number of pyridine rings is 1. The Morgan fingerprint density at radius 3 is 3.04 bits per heavy atom. The van der Waals surface area contributed by atoms with Crippen LogP contribution in [-0.2, 0) is 6.42 Å². The molecule has 1 aliphatic heterocycles. The van der Waals surface area contributed by atoms with Crippen LogP contribution in [-0.4, -0.2) is 27.0 Å². The van der Waals surface area contributed by atoms with Crippen LogP contribution in [0, 0.1) is 0 Å². The van der Waals surface area contributed by atoms with Gasteiger partial charge in [0.05, 0.1) is 28.3 Å². The molecule has 0 spiro atoms. The van der Waals surface area contributed by atoms with Crippen molar-refractivity contribution in [3.05, 3.63) is 68.9 Å². The Kier molecular flexibility index (Phi) is 3.85. The van der Waals surface area contributed by atoms with Crippen LogP contribution < -0.4 is 0 Å². The van der Waals surface area contributed by atoms with E-state index in [0.29, 0.717) is 17.1 Å². The molecule has 24 heavy (non-hydrogen) atoms. The van der Waals surface area contributed by atoms with E-state index < -0.39 is 0 Å². The monoisotopic (exact) mass is 403 g/mol. The lowest BCUT2D eigenvalue weighted by Crippen LogP contribution is -2.39. The van der Waals surface area contributed by atoms with Crippen LogP contribution in [0.5, 0.6) is 0 Å². The van der Waals surface area contributed by atoms with E-state index in [4.69, 9.17) is 11.6 Å². The highest BCUT2D eigenvalue weighted by Gasteiger charge is 2.30. The fourth-order valence-corrected chi connectivity index (χ4v) is 4.21. The Labute approximate surface area is 153 Å². The van der Waals surface area contributed by atoms with Crippen molar-refractivity contribution < 1.29 is 4.79 Å². The summed E-state index contributed by atoms with van der Waals surface area (Å²) in [4.78, 5) is 15.1. The second-order valence-electron chi connectivity index (χ2n) is 5.97. The molecule has 0 N–H and O–H groups in total. The molecule has 0 aliphatic carbocycles. The number of carbonyl (C=O) groups is 1. The van der Waals surface area contributed by atoms with Gasteiger partial charge in [-0.1, -0.05) is 39.7 Å². The molecule has 3 heterocycles. The van der Waals surface area contributed by atoms with E-state index in [1.807, 2.05) is 17.0 Å². The normalized spacial score (nSPS) is 17.1. The highest BCUT2D eigenvalue weighted by atomic mass is 79.9. The molecule has 1 aliphatic rings. The van der Waals surface area contributed by atoms with Gasteiger partial charge in [-0.25, -0.2) is 4.52 Å². The first kappa shape index (κ1) is 15.7. The van der Waals surface area contributed by atoms with E-state index in [0.717, 1.165) is 16.4 Å². The van der Waals surface area contributed by atoms with Gasteiger partial charge in [0.1, 0.15) is 0 Å². The van der Waals surface area contributed by atoms with Gasteiger partial charge in [0, 0.05) is 17.2 Å². The van der Waals surface area contributed by atoms with Crippen molar-refractivity contribution in [2.75, 3.05) is 6.54 Å². The van der Waals surface area contributed by atoms with Crippen molar-refractivity contribution >= 4 is 39.0 Å². The number of amides is 1. The number of carbonyl (C=O) groups excluding carboxylic acids is 1. The predicted octanol–water partition coefficient (Wildman–Crippen LogP) is 4.51. The number of aromatic nitrogens is 2. The van der Waals surface area contributed by atoms with E-state index >= 15 is 0 Å². The SMILES string of the molecule is CC1c2cccc(Br)c2CCN1C(=O)c1cc(Cl)cn2nccc12. The lowest BCUT2D eigenvalue weighted by Gasteiger charge is -2.36. The molecule has 1 unspecified atom stereocenters. The van der Waals surface area contributed by atoms with Crippen LogP contribution in [0.15, 0.2) is 47.2 Å². The number of nitrogens with zero attached hydrogens (tertiary/aromatic N) is 3. The standard InChI is InChI=1S/C18H15BrClN3O/c1-11-13-3-2-4-16(19)14(13)6-8-22(11)18(24)15-9-12(20)10-23-17(15)5-7-21-23/h2-5,7,9-11H,6,8H2,1H3. The average Bonchev–Trinajstić information content (AvgIpc) is 3.03. The molecule has 6 heteroatoms. The first-order chi connectivity index (χ1) is 11.6. The number of rotatable bonds is 1. The zero-order valence-electron chi connectivity index (χ0n) is 13.0. The van der Waals surface area contributed by atoms with Crippen molar-refractivity contribution in [1.82, 2.24) is 14.5 Å². The Bertz CT molecular complexity index is 953. The molecule has 3 aromatic rings. The molecule has 0 bridgehead atoms. The highest BCUT2D eigenvalue weighted by molar-refractivity contribution is 9.10. The summed E-state index contributed by atoms with van der Waals surface area (Å²) in [7, 11) is 0. The first-order valence-electron chi connectivity index (χ1n) is 7.77. The molecule has 122 valence electrons. The molecule has 1 aromatic carbocycles. The third-order valence-corrected chi connectivity index (χ3v) is 5.59. The number of halogens is 2. The molecular weight excluding hydrogens is 390 g/mol. The number of fused-ring (bicyclic) bond motifs is 2. The van der Waals surface area contributed by atoms with Crippen LogP contribution >= 0.6 is 27.5 Å². The summed E-state index contributed by atoms with van der Waals surface area (Å²) in [6, 6.07) is 9.74. The number of benzene rings is 1. The van der Waals surface area contributed by atoms with Crippen LogP contribution in [0.1, 0.15) is 34.5 Å². The summed E-state index contributed by atoms with van der Waals surface area (Å²) < 4.78 is 2.76. The second kappa shape index (κ2) is 5.90. The zero-order valence-corrected chi connectivity index (χ0v) is 15.4. The summed E-state index contributed by atoms with van der Waals surface area (Å²) in [5, 5.41) is 4.69. The van der Waals surface area contributed by atoms with Crippen molar-refractivity contribution in [1.29, 1.82) is 0 Å². The lowest BCUT2D eigenvalue weighted by molar-refractivity contribution is 0.0679. The van der Waals surface area contributed by atoms with Crippen molar-refractivity contribution in [3.8, 4) is 0 Å². The minimum atomic E-state index is -0.0128. The third-order valence-electron chi connectivity index (χ3n) is 4.64. The summed E-state index contributed by atoms with van der Waals surface area (Å²) in [5.41, 5.74) is 3.84. The summed E-state index contributed by atoms with van der Waals surface area (Å²) in [5.74, 6) is -0.0128. The molecule has 4 nitrogen and oxygen atoms in total. The van der Waals surface area contributed by atoms with Crippen LogP contribution in [0.3, 0.4) is 0 Å². The molecule has 1 atom stereocenters. The van der Waals surface area contributed by atoms with Crippen molar-refractivity contribution in [3.63, 3.8) is 0 Å². The molecule has 4 rings (SSSR count). The maximum absolute atomic E-state index is 13.2. The fourth-order valence-electron chi connectivity index (χ4n) is 3.42. The van der Waals surface area contributed by atoms with Gasteiger partial charge >= 0.3 is 0 Å². The quantitative estimate of drug-likeness (QED) is 0.598. The lowest BCUT2D eigenvalue weighted by atomic mass is 9.93. The van der Waals surface area contributed by atoms with Gasteiger partial charge in [-0.2, -0.15) is 5.10 Å². The Hall–Kier alpha value is -1.85. The zero-order chi connectivity index (χ0) is 16.8. The summed E-state index contributed by atoms with van der Waals surface area (Å²) in [6.45, 7) is 2.75. The molecule has 2 aromatic heterocycles. The van der Waals surface area contributed by atoms with Gasteiger partial charge in [-0.15, -0.1) is 0 Å². The predicted molar refractivity (Wildman–Crippen MR) is 97.5 cm³/mol. The van der Waals surface area contributed by atoms with Crippen LogP contribution in [0.4, 0.5) is 0 Å². The third kappa shape index (κ3) is 2.43. The minimum absolute atomic E-state index is 0.0128. The van der Waals surface area contributed by atoms with E-state index in [1.54, 1.807) is 23.0 Å². The Morgan fingerprint density at radius 2 is 2.21 bits per heavy atom. The largest absolute Gasteiger partial charge is 0.331 e. The maximum Gasteiger partial charge on any atom is 0.256 e. The number of hydrogen-bond donors (Lipinski definition) is 0. The first-order valence-corrected chi connectivity index (χ1v) is 8.94. The second-order valence-corrected chi connectivity index (χ2v) is 7.26. The summed E-state index contributed by atoms with van der Waals surface area (Å²) >= 11 is 9.78. The van der Waals surface area contributed by atoms with E-state index in [1.165, 1.54) is 11.1 Å². The van der Waals surface area contributed by atoms with Gasteiger partial charge < -0.3 is 4.90 Å². The van der Waals surface area contributed by atoms with Gasteiger partial charge in [-0.3, -0.25) is 4.79 Å². The van der Waals surface area contributed by atoms with E-state index in [2.05, 4.69) is 40.1 Å².